The van der Waals surface area contributed by atoms with Crippen molar-refractivity contribution in [1.82, 2.24) is 4.67 Å². The zero-order chi connectivity index (χ0) is 24.0. The minimum absolute atomic E-state index is 0.0256. The topological polar surface area (TPSA) is 108 Å². The summed E-state index contributed by atoms with van der Waals surface area (Å²) in [6.07, 6.45) is -1.25. The lowest BCUT2D eigenvalue weighted by molar-refractivity contribution is -0.386. The maximum Gasteiger partial charge on any atom is 0.275 e. The van der Waals surface area contributed by atoms with Crippen LogP contribution in [0.5, 0.6) is 0 Å². The molecule has 0 aromatic heterocycles. The van der Waals surface area contributed by atoms with Crippen LogP contribution < -0.4 is 0 Å². The van der Waals surface area contributed by atoms with Crippen molar-refractivity contribution in [3.05, 3.63) is 79.9 Å². The van der Waals surface area contributed by atoms with Gasteiger partial charge < -0.3 is 9.05 Å². The molecular weight excluding hydrogens is 433 g/mol. The van der Waals surface area contributed by atoms with Crippen LogP contribution in [0.15, 0.2) is 48.5 Å². The van der Waals surface area contributed by atoms with Crippen molar-refractivity contribution >= 4 is 19.9 Å². The first-order valence-electron chi connectivity index (χ1n) is 10.4. The molecular formula is C22H30N3O6P. The van der Waals surface area contributed by atoms with Gasteiger partial charge in [0.05, 0.1) is 33.2 Å². The Kier molecular flexibility index (Phi) is 9.21. The quantitative estimate of drug-likeness (QED) is 0.207. The summed E-state index contributed by atoms with van der Waals surface area (Å²) in [6.45, 7) is 11.5. The third-order valence-corrected chi connectivity index (χ3v) is 7.18. The highest BCUT2D eigenvalue weighted by Gasteiger charge is 2.33. The second kappa shape index (κ2) is 11.4. The summed E-state index contributed by atoms with van der Waals surface area (Å²) in [4.78, 5) is 22.1. The van der Waals surface area contributed by atoms with Crippen LogP contribution in [-0.2, 0) is 9.05 Å². The maximum absolute atomic E-state index is 11.5. The van der Waals surface area contributed by atoms with Gasteiger partial charge in [0.15, 0.2) is 0 Å². The van der Waals surface area contributed by atoms with Gasteiger partial charge in [-0.05, 0) is 53.7 Å². The smallest absolute Gasteiger partial charge is 0.275 e. The van der Waals surface area contributed by atoms with Crippen molar-refractivity contribution in [2.45, 2.75) is 65.8 Å². The Balaban J connectivity index is 2.39. The normalized spacial score (nSPS) is 14.5. The number of nitro groups is 2. The minimum atomic E-state index is -1.70. The molecule has 32 heavy (non-hydrogen) atoms. The number of hydrogen-bond acceptors (Lipinski definition) is 7. The summed E-state index contributed by atoms with van der Waals surface area (Å²) in [5, 5.41) is 23.0. The number of para-hydroxylation sites is 2. The predicted molar refractivity (Wildman–Crippen MR) is 124 cm³/mol. The molecule has 2 aromatic rings. The lowest BCUT2D eigenvalue weighted by atomic mass is 10.1. The Morgan fingerprint density at radius 2 is 1.06 bits per heavy atom. The van der Waals surface area contributed by atoms with Gasteiger partial charge in [0.25, 0.3) is 19.9 Å². The highest BCUT2D eigenvalue weighted by Crippen LogP contribution is 2.53. The number of hydrogen-bond donors (Lipinski definition) is 0. The van der Waals surface area contributed by atoms with Gasteiger partial charge in [-0.15, -0.1) is 0 Å². The average Bonchev–Trinajstić information content (AvgIpc) is 2.72. The fourth-order valence-electron chi connectivity index (χ4n) is 3.49. The zero-order valence-electron chi connectivity index (χ0n) is 19.2. The van der Waals surface area contributed by atoms with Gasteiger partial charge in [-0.25, -0.2) is 4.67 Å². The molecule has 0 bridgehead atoms. The van der Waals surface area contributed by atoms with Crippen molar-refractivity contribution in [2.75, 3.05) is 0 Å². The Morgan fingerprint density at radius 1 is 0.719 bits per heavy atom. The molecule has 0 saturated carbocycles. The fourth-order valence-corrected chi connectivity index (χ4v) is 5.28. The van der Waals surface area contributed by atoms with Crippen LogP contribution in [-0.4, -0.2) is 26.6 Å². The van der Waals surface area contributed by atoms with Gasteiger partial charge >= 0.3 is 0 Å². The summed E-state index contributed by atoms with van der Waals surface area (Å²) < 4.78 is 14.6. The molecule has 2 rings (SSSR count). The molecule has 0 saturated heterocycles. The van der Waals surface area contributed by atoms with Gasteiger partial charge in [0, 0.05) is 24.2 Å². The third-order valence-electron chi connectivity index (χ3n) is 4.89. The van der Waals surface area contributed by atoms with E-state index in [2.05, 4.69) is 0 Å². The third kappa shape index (κ3) is 6.29. The number of benzene rings is 2. The SMILES string of the molecule is CC(C)N(C(C)C)P(O[C@@H](C)c1ccccc1[N+](=O)[O-])O[C@H](C)c1ccccc1[N+](=O)[O-]. The molecule has 1 unspecified atom stereocenters. The highest BCUT2D eigenvalue weighted by atomic mass is 31.2. The van der Waals surface area contributed by atoms with E-state index in [4.69, 9.17) is 9.05 Å². The van der Waals surface area contributed by atoms with Crippen LogP contribution >= 0.6 is 8.53 Å². The Labute approximate surface area is 189 Å². The summed E-state index contributed by atoms with van der Waals surface area (Å²) in [7, 11) is -1.70. The molecule has 0 aliphatic heterocycles. The van der Waals surface area contributed by atoms with Crippen molar-refractivity contribution in [1.29, 1.82) is 0 Å². The molecule has 0 amide bonds. The zero-order valence-corrected chi connectivity index (χ0v) is 20.1. The lowest BCUT2D eigenvalue weighted by Crippen LogP contribution is -2.34. The molecule has 9 nitrogen and oxygen atoms in total. The first-order chi connectivity index (χ1) is 15.0. The summed E-state index contributed by atoms with van der Waals surface area (Å²) in [6, 6.07) is 13.0. The van der Waals surface area contributed by atoms with Crippen molar-refractivity contribution < 1.29 is 18.9 Å². The van der Waals surface area contributed by atoms with Gasteiger partial charge in [0.2, 0.25) is 0 Å². The van der Waals surface area contributed by atoms with Gasteiger partial charge in [0.1, 0.15) is 0 Å². The molecule has 10 heteroatoms. The molecule has 0 aliphatic carbocycles. The van der Waals surface area contributed by atoms with E-state index < -0.39 is 30.6 Å². The Hall–Kier alpha value is -2.45. The molecule has 0 heterocycles. The van der Waals surface area contributed by atoms with E-state index in [0.717, 1.165) is 0 Å². The molecule has 3 atom stereocenters. The fraction of sp³-hybridized carbons (Fsp3) is 0.455. The van der Waals surface area contributed by atoms with E-state index in [0.29, 0.717) is 11.1 Å². The predicted octanol–water partition coefficient (Wildman–Crippen LogP) is 6.70. The monoisotopic (exact) mass is 463 g/mol. The van der Waals surface area contributed by atoms with Crippen LogP contribution in [0.3, 0.4) is 0 Å². The minimum Gasteiger partial charge on any atom is -0.314 e. The van der Waals surface area contributed by atoms with Gasteiger partial charge in [-0.3, -0.25) is 20.2 Å². The van der Waals surface area contributed by atoms with E-state index in [1.165, 1.54) is 12.1 Å². The van der Waals surface area contributed by atoms with Crippen molar-refractivity contribution in [3.8, 4) is 0 Å². The summed E-state index contributed by atoms with van der Waals surface area (Å²) >= 11 is 0. The first-order valence-corrected chi connectivity index (χ1v) is 11.6. The number of nitrogens with zero attached hydrogens (tertiary/aromatic N) is 3. The van der Waals surface area contributed by atoms with E-state index in [1.54, 1.807) is 50.2 Å². The molecule has 174 valence electrons. The van der Waals surface area contributed by atoms with E-state index in [1.807, 2.05) is 32.4 Å². The second-order valence-corrected chi connectivity index (χ2v) is 9.29. The van der Waals surface area contributed by atoms with E-state index in [-0.39, 0.29) is 23.5 Å². The number of rotatable bonds is 11. The van der Waals surface area contributed by atoms with Gasteiger partial charge in [-0.2, -0.15) is 0 Å². The molecule has 0 spiro atoms. The molecule has 0 aliphatic rings. The van der Waals surface area contributed by atoms with Gasteiger partial charge in [-0.1, -0.05) is 24.3 Å². The number of nitro benzene ring substituents is 2. The second-order valence-electron chi connectivity index (χ2n) is 7.93. The van der Waals surface area contributed by atoms with E-state index in [9.17, 15) is 20.2 Å². The average molecular weight is 463 g/mol. The van der Waals surface area contributed by atoms with Crippen LogP contribution in [0.2, 0.25) is 0 Å². The standard InChI is InChI=1S/C22H30N3O6P/c1-15(2)23(16(3)4)32(30-17(5)19-11-7-9-13-21(19)24(26)27)31-18(6)20-12-8-10-14-22(20)25(28)29/h7-18H,1-6H3/t17-,18+,32?. The molecule has 0 fully saturated rings. The molecule has 2 aromatic carbocycles. The largest absolute Gasteiger partial charge is 0.314 e. The maximum atomic E-state index is 11.5. The summed E-state index contributed by atoms with van der Waals surface area (Å²) in [5.74, 6) is 0. The first kappa shape index (κ1) is 25.8. The Bertz CT molecular complexity index is 866. The highest BCUT2D eigenvalue weighted by molar-refractivity contribution is 7.44. The summed E-state index contributed by atoms with van der Waals surface area (Å²) in [5.41, 5.74) is 0.837. The van der Waals surface area contributed by atoms with Crippen molar-refractivity contribution in [2.24, 2.45) is 0 Å². The van der Waals surface area contributed by atoms with Crippen LogP contribution in [0, 0.1) is 20.2 Å². The molecule has 0 N–H and O–H groups in total. The van der Waals surface area contributed by atoms with Crippen LogP contribution in [0.4, 0.5) is 11.4 Å². The van der Waals surface area contributed by atoms with Crippen LogP contribution in [0.1, 0.15) is 64.9 Å². The Morgan fingerprint density at radius 3 is 1.38 bits per heavy atom. The molecule has 0 radical (unpaired) electrons. The lowest BCUT2D eigenvalue weighted by Gasteiger charge is -2.38. The van der Waals surface area contributed by atoms with Crippen LogP contribution in [0.25, 0.3) is 0 Å². The van der Waals surface area contributed by atoms with E-state index >= 15 is 0 Å². The van der Waals surface area contributed by atoms with Crippen molar-refractivity contribution in [3.63, 3.8) is 0 Å².